The van der Waals surface area contributed by atoms with E-state index in [0.717, 1.165) is 29.5 Å². The van der Waals surface area contributed by atoms with E-state index in [4.69, 9.17) is 10.2 Å². The Morgan fingerprint density at radius 2 is 2.15 bits per heavy atom. The number of amides is 1. The maximum absolute atomic E-state index is 11.4. The first-order valence-corrected chi connectivity index (χ1v) is 8.75. The van der Waals surface area contributed by atoms with Crippen LogP contribution in [0.1, 0.15) is 41.1 Å². The highest BCUT2D eigenvalue weighted by atomic mass is 32.1. The van der Waals surface area contributed by atoms with Crippen LogP contribution in [0.2, 0.25) is 0 Å². The van der Waals surface area contributed by atoms with E-state index in [1.165, 1.54) is 6.07 Å². The smallest absolute Gasteiger partial charge is 0.252 e. The first kappa shape index (κ1) is 17.7. The van der Waals surface area contributed by atoms with Gasteiger partial charge in [-0.1, -0.05) is 13.0 Å². The van der Waals surface area contributed by atoms with Crippen molar-refractivity contribution in [3.8, 4) is 5.75 Å². The number of nitrogens with zero attached hydrogens (tertiary/aromatic N) is 2. The van der Waals surface area contributed by atoms with Crippen LogP contribution in [0.3, 0.4) is 0 Å². The Morgan fingerprint density at radius 1 is 1.38 bits per heavy atom. The summed E-state index contributed by atoms with van der Waals surface area (Å²) in [6, 6.07) is 6.59. The van der Waals surface area contributed by atoms with E-state index >= 15 is 0 Å². The van der Waals surface area contributed by atoms with Gasteiger partial charge in [-0.2, -0.15) is 8.75 Å². The van der Waals surface area contributed by atoms with E-state index in [2.05, 4.69) is 19.4 Å². The van der Waals surface area contributed by atoms with Crippen molar-refractivity contribution in [1.29, 1.82) is 0 Å². The summed E-state index contributed by atoms with van der Waals surface area (Å²) < 4.78 is 14.0. The number of aromatic hydroxyl groups is 1. The number of nitrogens with one attached hydrogen (secondary N) is 2. The average Bonchev–Trinajstić information content (AvgIpc) is 3.23. The first-order chi connectivity index (χ1) is 12.5. The molecule has 8 nitrogen and oxygen atoms in total. The minimum Gasteiger partial charge on any atom is -0.505 e. The van der Waals surface area contributed by atoms with Gasteiger partial charge >= 0.3 is 0 Å². The first-order valence-electron chi connectivity index (χ1n) is 8.02. The molecule has 26 heavy (non-hydrogen) atoms. The number of aryl methyl sites for hydroxylation is 1. The number of carbonyl (C=O) groups excluding carboxylic acids is 1. The summed E-state index contributed by atoms with van der Waals surface area (Å²) >= 11 is 1.03. The van der Waals surface area contributed by atoms with Crippen molar-refractivity contribution < 1.29 is 14.3 Å². The highest BCUT2D eigenvalue weighted by molar-refractivity contribution is 6.99. The molecule has 0 aliphatic heterocycles. The number of phenols is 1. The minimum atomic E-state index is -0.708. The fourth-order valence-electron chi connectivity index (χ4n) is 2.51. The summed E-state index contributed by atoms with van der Waals surface area (Å²) in [6.45, 7) is 4.00. The largest absolute Gasteiger partial charge is 0.505 e. The van der Waals surface area contributed by atoms with Crippen LogP contribution in [0.4, 0.5) is 17.3 Å². The lowest BCUT2D eigenvalue weighted by molar-refractivity contribution is 0.0998. The van der Waals surface area contributed by atoms with Gasteiger partial charge in [-0.25, -0.2) is 0 Å². The topological polar surface area (TPSA) is 126 Å². The number of para-hydroxylation sites is 1. The third-order valence-electron chi connectivity index (χ3n) is 3.86. The van der Waals surface area contributed by atoms with Crippen LogP contribution >= 0.6 is 11.7 Å². The Balaban J connectivity index is 1.83. The molecule has 0 saturated carbocycles. The molecule has 0 radical (unpaired) electrons. The number of carbonyl (C=O) groups is 1. The second-order valence-corrected chi connectivity index (χ2v) is 6.31. The number of aromatic nitrogens is 2. The van der Waals surface area contributed by atoms with E-state index in [0.29, 0.717) is 17.3 Å². The Morgan fingerprint density at radius 3 is 2.81 bits per heavy atom. The van der Waals surface area contributed by atoms with Crippen LogP contribution in [0.25, 0.3) is 0 Å². The molecule has 136 valence electrons. The maximum atomic E-state index is 11.4. The molecule has 0 saturated heterocycles. The number of primary amides is 1. The summed E-state index contributed by atoms with van der Waals surface area (Å²) in [5, 5.41) is 16.5. The van der Waals surface area contributed by atoms with Gasteiger partial charge in [0, 0.05) is 0 Å². The fourth-order valence-corrected chi connectivity index (χ4v) is 2.99. The third kappa shape index (κ3) is 3.62. The third-order valence-corrected chi connectivity index (χ3v) is 4.38. The molecule has 0 fully saturated rings. The molecule has 1 amide bonds. The number of hydrogen-bond acceptors (Lipinski definition) is 8. The lowest BCUT2D eigenvalue weighted by Crippen LogP contribution is -2.12. The molecule has 0 unspecified atom stereocenters. The lowest BCUT2D eigenvalue weighted by Gasteiger charge is -2.15. The second-order valence-electron chi connectivity index (χ2n) is 5.78. The molecule has 2 aromatic heterocycles. The zero-order valence-corrected chi connectivity index (χ0v) is 15.1. The molecular weight excluding hydrogens is 354 g/mol. The number of benzene rings is 1. The Hall–Kier alpha value is -3.07. The summed E-state index contributed by atoms with van der Waals surface area (Å²) in [5.74, 6) is 0.837. The predicted molar refractivity (Wildman–Crippen MR) is 99.9 cm³/mol. The zero-order chi connectivity index (χ0) is 18.7. The molecule has 0 bridgehead atoms. The lowest BCUT2D eigenvalue weighted by atomic mass is 10.1. The Labute approximate surface area is 154 Å². The number of nitrogens with two attached hydrogens (primary N) is 1. The SMILES string of the molecule is CC[C@@H](Nc1nsnc1Nc1cccc(C(N)=O)c1O)c1cc(C)co1. The molecule has 5 N–H and O–H groups in total. The number of hydrogen-bond donors (Lipinski definition) is 4. The van der Waals surface area contributed by atoms with Crippen molar-refractivity contribution in [2.75, 3.05) is 10.6 Å². The van der Waals surface area contributed by atoms with Gasteiger partial charge < -0.3 is 25.9 Å². The van der Waals surface area contributed by atoms with E-state index in [1.807, 2.05) is 19.9 Å². The highest BCUT2D eigenvalue weighted by Gasteiger charge is 2.19. The van der Waals surface area contributed by atoms with E-state index in [1.54, 1.807) is 18.4 Å². The van der Waals surface area contributed by atoms with E-state index in [9.17, 15) is 9.90 Å². The van der Waals surface area contributed by atoms with Crippen LogP contribution < -0.4 is 16.4 Å². The summed E-state index contributed by atoms with van der Waals surface area (Å²) in [5.41, 5.74) is 6.66. The number of anilines is 3. The van der Waals surface area contributed by atoms with Crippen molar-refractivity contribution in [3.63, 3.8) is 0 Å². The molecule has 0 spiro atoms. The van der Waals surface area contributed by atoms with Gasteiger partial charge in [0.1, 0.15) is 5.76 Å². The van der Waals surface area contributed by atoms with Gasteiger partial charge in [-0.05, 0) is 37.1 Å². The number of rotatable bonds is 7. The van der Waals surface area contributed by atoms with E-state index < -0.39 is 5.91 Å². The summed E-state index contributed by atoms with van der Waals surface area (Å²) in [7, 11) is 0. The second kappa shape index (κ2) is 7.44. The normalized spacial score (nSPS) is 11.9. The van der Waals surface area contributed by atoms with Crippen LogP contribution in [-0.2, 0) is 0 Å². The van der Waals surface area contributed by atoms with Crippen LogP contribution in [0.15, 0.2) is 34.9 Å². The molecule has 3 aromatic rings. The number of furan rings is 1. The van der Waals surface area contributed by atoms with Crippen molar-refractivity contribution in [3.05, 3.63) is 47.4 Å². The molecule has 0 aliphatic carbocycles. The van der Waals surface area contributed by atoms with E-state index in [-0.39, 0.29) is 17.4 Å². The van der Waals surface area contributed by atoms with Crippen LogP contribution in [-0.4, -0.2) is 19.8 Å². The van der Waals surface area contributed by atoms with Crippen molar-refractivity contribution in [2.45, 2.75) is 26.3 Å². The summed E-state index contributed by atoms with van der Waals surface area (Å²) in [4.78, 5) is 11.4. The Bertz CT molecular complexity index is 921. The predicted octanol–water partition coefficient (Wildman–Crippen LogP) is 3.55. The Kier molecular flexibility index (Phi) is 5.08. The van der Waals surface area contributed by atoms with Crippen molar-refractivity contribution in [1.82, 2.24) is 8.75 Å². The van der Waals surface area contributed by atoms with Gasteiger partial charge in [0.2, 0.25) is 0 Å². The molecule has 3 rings (SSSR count). The highest BCUT2D eigenvalue weighted by Crippen LogP contribution is 2.33. The van der Waals surface area contributed by atoms with Gasteiger partial charge in [0.15, 0.2) is 17.4 Å². The van der Waals surface area contributed by atoms with Crippen molar-refractivity contribution in [2.24, 2.45) is 5.73 Å². The molecule has 0 aliphatic rings. The fraction of sp³-hybridized carbons (Fsp3) is 0.235. The van der Waals surface area contributed by atoms with Gasteiger partial charge in [0.25, 0.3) is 5.91 Å². The molecule has 2 heterocycles. The van der Waals surface area contributed by atoms with Gasteiger partial charge in [-0.15, -0.1) is 0 Å². The van der Waals surface area contributed by atoms with Crippen LogP contribution in [0, 0.1) is 6.92 Å². The standard InChI is InChI=1S/C17H19N5O3S/c1-3-11(13-7-9(2)8-25-13)19-16-17(22-26-21-16)20-12-6-4-5-10(14(12)23)15(18)24/h4-8,11,23H,3H2,1-2H3,(H2,18,24)(H,19,21)(H,20,22)/t11-/m1/s1. The molecule has 9 heteroatoms. The zero-order valence-electron chi connectivity index (χ0n) is 14.3. The molecule has 1 atom stereocenters. The average molecular weight is 373 g/mol. The summed E-state index contributed by atoms with van der Waals surface area (Å²) in [6.07, 6.45) is 2.48. The van der Waals surface area contributed by atoms with Gasteiger partial charge in [-0.3, -0.25) is 4.79 Å². The maximum Gasteiger partial charge on any atom is 0.252 e. The van der Waals surface area contributed by atoms with Gasteiger partial charge in [0.05, 0.1) is 35.3 Å². The van der Waals surface area contributed by atoms with Crippen molar-refractivity contribution >= 4 is 35.0 Å². The quantitative estimate of drug-likeness (QED) is 0.466. The monoisotopic (exact) mass is 373 g/mol. The minimum absolute atomic E-state index is 0.0326. The molecule has 1 aromatic carbocycles. The molecular formula is C17H19N5O3S. The van der Waals surface area contributed by atoms with Crippen LogP contribution in [0.5, 0.6) is 5.75 Å².